The van der Waals surface area contributed by atoms with Crippen molar-refractivity contribution in [1.82, 2.24) is 9.78 Å². The van der Waals surface area contributed by atoms with Crippen LogP contribution in [0.1, 0.15) is 10.5 Å². The second-order valence-corrected chi connectivity index (χ2v) is 4.49. The van der Waals surface area contributed by atoms with Gasteiger partial charge < -0.3 is 10.4 Å². The van der Waals surface area contributed by atoms with Crippen molar-refractivity contribution in [2.75, 3.05) is 11.9 Å². The number of carbonyl (C=O) groups is 1. The van der Waals surface area contributed by atoms with E-state index in [1.807, 2.05) is 0 Å². The maximum atomic E-state index is 11.2. The van der Waals surface area contributed by atoms with Gasteiger partial charge in [-0.15, -0.1) is 0 Å². The van der Waals surface area contributed by atoms with Crippen LogP contribution in [0.5, 0.6) is 0 Å². The highest BCUT2D eigenvalue weighted by molar-refractivity contribution is 7.80. The molecule has 0 aliphatic heterocycles. The summed E-state index contributed by atoms with van der Waals surface area (Å²) in [5, 5.41) is 16.6. The number of aromatic nitrogens is 2. The summed E-state index contributed by atoms with van der Waals surface area (Å²) in [6.45, 7) is -0.575. The van der Waals surface area contributed by atoms with Gasteiger partial charge in [0.05, 0.1) is 0 Å². The number of ketones is 1. The fraction of sp³-hybridized carbons (Fsp3) is 0.0833. The van der Waals surface area contributed by atoms with E-state index in [2.05, 4.69) is 10.4 Å². The number of rotatable bonds is 3. The molecule has 0 radical (unpaired) electrons. The number of halogens is 1. The van der Waals surface area contributed by atoms with Gasteiger partial charge in [0, 0.05) is 16.9 Å². The average molecular weight is 296 g/mol. The molecular weight excluding hydrogens is 286 g/mol. The fourth-order valence-corrected chi connectivity index (χ4v) is 1.73. The Kier molecular flexibility index (Phi) is 4.26. The molecule has 0 aliphatic carbocycles. The third kappa shape index (κ3) is 3.37. The molecule has 0 fully saturated rings. The van der Waals surface area contributed by atoms with Crippen LogP contribution in [0.2, 0.25) is 5.02 Å². The van der Waals surface area contributed by atoms with Crippen molar-refractivity contribution in [1.29, 1.82) is 0 Å². The van der Waals surface area contributed by atoms with Crippen LogP contribution in [-0.2, 0) is 0 Å². The maximum absolute atomic E-state index is 11.2. The molecule has 0 saturated carbocycles. The van der Waals surface area contributed by atoms with Crippen LogP contribution < -0.4 is 5.32 Å². The molecule has 98 valence electrons. The summed E-state index contributed by atoms with van der Waals surface area (Å²) in [6.07, 6.45) is 1.55. The van der Waals surface area contributed by atoms with Gasteiger partial charge in [-0.25, -0.2) is 4.68 Å². The van der Waals surface area contributed by atoms with Crippen molar-refractivity contribution in [2.24, 2.45) is 0 Å². The van der Waals surface area contributed by atoms with Crippen LogP contribution in [0.3, 0.4) is 0 Å². The van der Waals surface area contributed by atoms with E-state index in [0.717, 1.165) is 5.69 Å². The zero-order valence-corrected chi connectivity index (χ0v) is 11.3. The van der Waals surface area contributed by atoms with Crippen LogP contribution in [0, 0.1) is 0 Å². The molecule has 0 bridgehead atoms. The average Bonchev–Trinajstić information content (AvgIpc) is 2.90. The number of Topliss-reactive ketones (excluding diaryl/α,β-unsaturated/α-hetero) is 1. The minimum Gasteiger partial charge on any atom is -0.388 e. The summed E-state index contributed by atoms with van der Waals surface area (Å²) in [7, 11) is 0. The largest absolute Gasteiger partial charge is 0.388 e. The molecule has 0 aliphatic rings. The Hall–Kier alpha value is -1.76. The summed E-state index contributed by atoms with van der Waals surface area (Å²) >= 11 is 10.9. The second-order valence-electron chi connectivity index (χ2n) is 3.66. The summed E-state index contributed by atoms with van der Waals surface area (Å²) in [4.78, 5) is 11.2. The molecule has 0 unspecified atom stereocenters. The number of aliphatic hydroxyl groups excluding tert-OH is 1. The maximum Gasteiger partial charge on any atom is 0.208 e. The van der Waals surface area contributed by atoms with Crippen LogP contribution in [0.4, 0.5) is 5.69 Å². The highest BCUT2D eigenvalue weighted by Crippen LogP contribution is 2.13. The van der Waals surface area contributed by atoms with E-state index in [-0.39, 0.29) is 5.69 Å². The second kappa shape index (κ2) is 5.92. The number of nitrogens with zero attached hydrogens (tertiary/aromatic N) is 2. The van der Waals surface area contributed by atoms with Gasteiger partial charge in [0.2, 0.25) is 5.78 Å². The molecule has 5 nitrogen and oxygen atoms in total. The number of hydrogen-bond donors (Lipinski definition) is 2. The van der Waals surface area contributed by atoms with Crippen LogP contribution in [0.25, 0.3) is 0 Å². The number of nitrogens with one attached hydrogen (secondary N) is 1. The molecule has 2 N–H and O–H groups in total. The lowest BCUT2D eigenvalue weighted by molar-refractivity contribution is 0.0898. The highest BCUT2D eigenvalue weighted by atomic mass is 35.5. The van der Waals surface area contributed by atoms with E-state index >= 15 is 0 Å². The summed E-state index contributed by atoms with van der Waals surface area (Å²) in [6, 6.07) is 8.51. The minimum absolute atomic E-state index is 0.169. The summed E-state index contributed by atoms with van der Waals surface area (Å²) in [5.74, 6) is -0.451. The first-order chi connectivity index (χ1) is 9.10. The van der Waals surface area contributed by atoms with E-state index in [0.29, 0.717) is 10.1 Å². The Morgan fingerprint density at radius 1 is 1.37 bits per heavy atom. The molecule has 0 amide bonds. The van der Waals surface area contributed by atoms with Crippen LogP contribution in [0.15, 0.2) is 36.5 Å². The van der Waals surface area contributed by atoms with Crippen molar-refractivity contribution in [3.63, 3.8) is 0 Å². The van der Waals surface area contributed by atoms with Gasteiger partial charge >= 0.3 is 0 Å². The lowest BCUT2D eigenvalue weighted by Gasteiger charge is -2.07. The molecule has 2 rings (SSSR count). The zero-order valence-electron chi connectivity index (χ0n) is 9.71. The Labute approximate surface area is 119 Å². The van der Waals surface area contributed by atoms with Crippen molar-refractivity contribution in [3.05, 3.63) is 47.2 Å². The van der Waals surface area contributed by atoms with E-state index in [1.165, 1.54) is 10.7 Å². The molecule has 2 aromatic rings. The van der Waals surface area contributed by atoms with Gasteiger partial charge in [-0.05, 0) is 42.5 Å². The molecule has 19 heavy (non-hydrogen) atoms. The number of carbonyl (C=O) groups excluding carboxylic acids is 1. The van der Waals surface area contributed by atoms with Crippen molar-refractivity contribution < 1.29 is 9.90 Å². The van der Waals surface area contributed by atoms with E-state index in [4.69, 9.17) is 28.9 Å². The van der Waals surface area contributed by atoms with Gasteiger partial charge in [0.1, 0.15) is 12.3 Å². The fourth-order valence-electron chi connectivity index (χ4n) is 1.38. The SMILES string of the molecule is O=C(CO)c1ccn(C(=S)Nc2ccc(Cl)cc2)n1. The molecule has 1 aromatic heterocycles. The molecule has 0 atom stereocenters. The Morgan fingerprint density at radius 2 is 2.05 bits per heavy atom. The topological polar surface area (TPSA) is 67.2 Å². The van der Waals surface area contributed by atoms with Crippen molar-refractivity contribution in [3.8, 4) is 0 Å². The zero-order chi connectivity index (χ0) is 13.8. The number of hydrogen-bond acceptors (Lipinski definition) is 4. The van der Waals surface area contributed by atoms with Crippen molar-refractivity contribution >= 4 is 40.4 Å². The standard InChI is InChI=1S/C12H10ClN3O2S/c13-8-1-3-9(4-2-8)14-12(19)16-6-5-10(15-16)11(18)7-17/h1-6,17H,7H2,(H,14,19). The van der Waals surface area contributed by atoms with Gasteiger partial charge in [-0.1, -0.05) is 11.6 Å². The first-order valence-electron chi connectivity index (χ1n) is 5.37. The molecule has 7 heteroatoms. The highest BCUT2D eigenvalue weighted by Gasteiger charge is 2.10. The molecule has 1 heterocycles. The van der Waals surface area contributed by atoms with Crippen LogP contribution in [-0.4, -0.2) is 32.4 Å². The molecule has 1 aromatic carbocycles. The third-order valence-electron chi connectivity index (χ3n) is 2.32. The lowest BCUT2D eigenvalue weighted by Crippen LogP contribution is -2.20. The van der Waals surface area contributed by atoms with Gasteiger partial charge in [-0.3, -0.25) is 4.79 Å². The quantitative estimate of drug-likeness (QED) is 0.669. The first-order valence-corrected chi connectivity index (χ1v) is 6.15. The normalized spacial score (nSPS) is 10.2. The number of aliphatic hydroxyl groups is 1. The van der Waals surface area contributed by atoms with Crippen molar-refractivity contribution in [2.45, 2.75) is 0 Å². The number of anilines is 1. The predicted octanol–water partition coefficient (Wildman–Crippen LogP) is 1.96. The molecule has 0 saturated heterocycles. The van der Waals surface area contributed by atoms with Gasteiger partial charge in [0.25, 0.3) is 0 Å². The summed E-state index contributed by atoms with van der Waals surface area (Å²) < 4.78 is 1.35. The molecule has 0 spiro atoms. The predicted molar refractivity (Wildman–Crippen MR) is 76.7 cm³/mol. The Bertz CT molecular complexity index is 610. The molecular formula is C12H10ClN3O2S. The minimum atomic E-state index is -0.575. The van der Waals surface area contributed by atoms with Crippen LogP contribution >= 0.6 is 23.8 Å². The van der Waals surface area contributed by atoms with E-state index in [1.54, 1.807) is 30.5 Å². The lowest BCUT2D eigenvalue weighted by atomic mass is 10.3. The number of benzene rings is 1. The Balaban J connectivity index is 2.09. The smallest absolute Gasteiger partial charge is 0.208 e. The third-order valence-corrected chi connectivity index (χ3v) is 2.86. The van der Waals surface area contributed by atoms with E-state index in [9.17, 15) is 4.79 Å². The summed E-state index contributed by atoms with van der Waals surface area (Å²) in [5.41, 5.74) is 0.933. The number of thiocarbonyl (C=S) groups is 1. The van der Waals surface area contributed by atoms with E-state index < -0.39 is 12.4 Å². The Morgan fingerprint density at radius 3 is 2.68 bits per heavy atom. The first kappa shape index (κ1) is 13.7. The van der Waals surface area contributed by atoms with Gasteiger partial charge in [0.15, 0.2) is 5.11 Å². The monoisotopic (exact) mass is 295 g/mol. The van der Waals surface area contributed by atoms with Gasteiger partial charge in [-0.2, -0.15) is 5.10 Å².